The fraction of sp³-hybridized carbons (Fsp3) is 0.550. The number of allylic oxidation sites excluding steroid dienone is 2. The normalized spacial score (nSPS) is 13.0. The zero-order valence-corrected chi connectivity index (χ0v) is 29.5. The summed E-state index contributed by atoms with van der Waals surface area (Å²) >= 11 is 0. The highest BCUT2D eigenvalue weighted by atomic mass is 16.5. The number of nitrogens with zero attached hydrogens (tertiary/aromatic N) is 2. The first kappa shape index (κ1) is 38.3. The fourth-order valence-corrected chi connectivity index (χ4v) is 5.37. The minimum Gasteiger partial charge on any atom is -0.496 e. The van der Waals surface area contributed by atoms with Gasteiger partial charge in [-0.05, 0) is 79.0 Å². The molecule has 0 aliphatic rings. The number of ether oxygens (including phenoxy) is 4. The monoisotopic (exact) mass is 628 g/mol. The van der Waals surface area contributed by atoms with Gasteiger partial charge in [-0.2, -0.15) is 10.5 Å². The van der Waals surface area contributed by atoms with Crippen molar-refractivity contribution in [3.05, 3.63) is 53.1 Å². The first-order valence-electron chi connectivity index (χ1n) is 17.0. The van der Waals surface area contributed by atoms with Crippen LogP contribution < -0.4 is 18.9 Å². The highest BCUT2D eigenvalue weighted by molar-refractivity contribution is 5.93. The van der Waals surface area contributed by atoms with Crippen LogP contribution in [0.25, 0.3) is 17.7 Å². The van der Waals surface area contributed by atoms with Crippen LogP contribution in [0.4, 0.5) is 0 Å². The van der Waals surface area contributed by atoms with E-state index in [1.165, 1.54) is 38.2 Å². The lowest BCUT2D eigenvalue weighted by Crippen LogP contribution is -2.06. The van der Waals surface area contributed by atoms with Gasteiger partial charge >= 0.3 is 0 Å². The Kier molecular flexibility index (Phi) is 17.5. The molecule has 2 atom stereocenters. The third-order valence-corrected chi connectivity index (χ3v) is 8.29. The van der Waals surface area contributed by atoms with E-state index >= 15 is 0 Å². The number of hydrogen-bond acceptors (Lipinski definition) is 6. The Bertz CT molecular complexity index is 1350. The van der Waals surface area contributed by atoms with Crippen molar-refractivity contribution < 1.29 is 18.9 Å². The van der Waals surface area contributed by atoms with Crippen molar-refractivity contribution in [1.29, 1.82) is 10.5 Å². The first-order valence-corrected chi connectivity index (χ1v) is 17.0. The number of methoxy groups -OCH3 is 2. The summed E-state index contributed by atoms with van der Waals surface area (Å²) in [6, 6.07) is 13.8. The number of nitriles is 2. The van der Waals surface area contributed by atoms with E-state index < -0.39 is 0 Å². The fourth-order valence-electron chi connectivity index (χ4n) is 5.37. The van der Waals surface area contributed by atoms with Crippen molar-refractivity contribution >= 4 is 17.7 Å². The van der Waals surface area contributed by atoms with E-state index in [-0.39, 0.29) is 0 Å². The van der Waals surface area contributed by atoms with Crippen LogP contribution in [0.1, 0.15) is 110 Å². The third kappa shape index (κ3) is 13.6. The van der Waals surface area contributed by atoms with Crippen LogP contribution in [-0.4, -0.2) is 27.4 Å². The minimum atomic E-state index is 0.406. The Morgan fingerprint density at radius 2 is 1.30 bits per heavy atom. The summed E-state index contributed by atoms with van der Waals surface area (Å²) in [6.45, 7) is 14.7. The van der Waals surface area contributed by atoms with E-state index in [0.717, 1.165) is 36.5 Å². The Morgan fingerprint density at radius 1 is 0.696 bits per heavy atom. The van der Waals surface area contributed by atoms with Gasteiger partial charge in [-0.3, -0.25) is 0 Å². The second-order valence-corrected chi connectivity index (χ2v) is 13.3. The standard InChI is InChI=1S/C40H56N2O4/c1-29(2)12-9-14-31(5)19-22-45-36-17-18-38(43-7)34(25-36)24-35(28-42)37-27-39(44-8)33(16-11-21-41)26-40(37)46-23-20-32(6)15-10-13-30(3)4/h11,16-18,24-27,29-32H,9-10,12-15,19-20,22-23H2,1-8H3/b16-11+,35-24+. The van der Waals surface area contributed by atoms with Crippen LogP contribution >= 0.6 is 0 Å². The molecular formula is C40H56N2O4. The summed E-state index contributed by atoms with van der Waals surface area (Å²) < 4.78 is 23.8. The molecule has 250 valence electrons. The van der Waals surface area contributed by atoms with Crippen molar-refractivity contribution in [1.82, 2.24) is 0 Å². The van der Waals surface area contributed by atoms with E-state index in [0.29, 0.717) is 64.9 Å². The van der Waals surface area contributed by atoms with Crippen LogP contribution in [0, 0.1) is 46.3 Å². The predicted molar refractivity (Wildman–Crippen MR) is 190 cm³/mol. The van der Waals surface area contributed by atoms with Gasteiger partial charge in [0.2, 0.25) is 0 Å². The summed E-state index contributed by atoms with van der Waals surface area (Å²) in [6.07, 6.45) is 14.1. The molecule has 0 bridgehead atoms. The molecule has 0 aliphatic heterocycles. The molecule has 0 aromatic heterocycles. The molecule has 0 saturated carbocycles. The molecule has 0 amide bonds. The van der Waals surface area contributed by atoms with Gasteiger partial charge in [-0.25, -0.2) is 0 Å². The molecule has 6 heteroatoms. The molecule has 0 aliphatic carbocycles. The molecule has 2 unspecified atom stereocenters. The van der Waals surface area contributed by atoms with Gasteiger partial charge in [0.25, 0.3) is 0 Å². The zero-order chi connectivity index (χ0) is 33.9. The minimum absolute atomic E-state index is 0.406. The lowest BCUT2D eigenvalue weighted by atomic mass is 9.97. The van der Waals surface area contributed by atoms with E-state index in [9.17, 15) is 5.26 Å². The Labute approximate surface area is 279 Å². The Morgan fingerprint density at radius 3 is 1.85 bits per heavy atom. The molecule has 2 aromatic rings. The van der Waals surface area contributed by atoms with Gasteiger partial charge in [0, 0.05) is 22.8 Å². The maximum absolute atomic E-state index is 10.4. The van der Waals surface area contributed by atoms with Crippen LogP contribution in [0.3, 0.4) is 0 Å². The molecule has 46 heavy (non-hydrogen) atoms. The van der Waals surface area contributed by atoms with Crippen LogP contribution in [-0.2, 0) is 0 Å². The second-order valence-electron chi connectivity index (χ2n) is 13.3. The van der Waals surface area contributed by atoms with Crippen LogP contribution in [0.2, 0.25) is 0 Å². The lowest BCUT2D eigenvalue weighted by Gasteiger charge is -2.17. The van der Waals surface area contributed by atoms with Gasteiger partial charge in [0.05, 0.1) is 45.1 Å². The van der Waals surface area contributed by atoms with Crippen LogP contribution in [0.5, 0.6) is 23.0 Å². The summed E-state index contributed by atoms with van der Waals surface area (Å²) in [5.41, 5.74) is 2.46. The molecule has 0 radical (unpaired) electrons. The molecule has 2 rings (SSSR count). The first-order chi connectivity index (χ1) is 22.1. The highest BCUT2D eigenvalue weighted by Crippen LogP contribution is 2.37. The second kappa shape index (κ2) is 21.0. The van der Waals surface area contributed by atoms with Crippen molar-refractivity contribution in [2.24, 2.45) is 23.7 Å². The van der Waals surface area contributed by atoms with Crippen molar-refractivity contribution in [3.63, 3.8) is 0 Å². The lowest BCUT2D eigenvalue weighted by molar-refractivity contribution is 0.274. The Hall–Kier alpha value is -3.90. The highest BCUT2D eigenvalue weighted by Gasteiger charge is 2.17. The largest absolute Gasteiger partial charge is 0.496 e. The molecule has 0 spiro atoms. The topological polar surface area (TPSA) is 84.5 Å². The summed E-state index contributed by atoms with van der Waals surface area (Å²) in [7, 11) is 3.20. The third-order valence-electron chi connectivity index (χ3n) is 8.29. The average Bonchev–Trinajstić information content (AvgIpc) is 3.02. The van der Waals surface area contributed by atoms with Crippen molar-refractivity contribution in [2.45, 2.75) is 92.9 Å². The van der Waals surface area contributed by atoms with Gasteiger partial charge < -0.3 is 18.9 Å². The molecule has 0 fully saturated rings. The molecule has 0 saturated heterocycles. The smallest absolute Gasteiger partial charge is 0.128 e. The van der Waals surface area contributed by atoms with E-state index in [1.807, 2.05) is 30.3 Å². The summed E-state index contributed by atoms with van der Waals surface area (Å²) in [5, 5.41) is 19.5. The molecule has 2 aromatic carbocycles. The zero-order valence-electron chi connectivity index (χ0n) is 29.5. The van der Waals surface area contributed by atoms with Gasteiger partial charge in [0.1, 0.15) is 23.0 Å². The number of benzene rings is 2. The number of hydrogen-bond donors (Lipinski definition) is 0. The van der Waals surface area contributed by atoms with Gasteiger partial charge in [-0.15, -0.1) is 0 Å². The van der Waals surface area contributed by atoms with Gasteiger partial charge in [0.15, 0.2) is 0 Å². The van der Waals surface area contributed by atoms with Crippen molar-refractivity contribution in [2.75, 3.05) is 27.4 Å². The maximum atomic E-state index is 10.4. The summed E-state index contributed by atoms with van der Waals surface area (Å²) in [5.74, 6) is 5.06. The van der Waals surface area contributed by atoms with E-state index in [2.05, 4.69) is 47.6 Å². The predicted octanol–water partition coefficient (Wildman–Crippen LogP) is 10.8. The quantitative estimate of drug-likeness (QED) is 0.101. The SMILES string of the molecule is COc1ccc(OCCC(C)CCCC(C)C)cc1/C=C(\C#N)c1cc(OC)c(/C=C/C#N)cc1OCCC(C)CCCC(C)C. The van der Waals surface area contributed by atoms with Crippen molar-refractivity contribution in [3.8, 4) is 35.1 Å². The Balaban J connectivity index is 2.34. The van der Waals surface area contributed by atoms with E-state index in [1.54, 1.807) is 32.4 Å². The average molecular weight is 629 g/mol. The number of rotatable bonds is 21. The van der Waals surface area contributed by atoms with E-state index in [4.69, 9.17) is 24.2 Å². The molecule has 0 heterocycles. The summed E-state index contributed by atoms with van der Waals surface area (Å²) in [4.78, 5) is 0. The van der Waals surface area contributed by atoms with Gasteiger partial charge in [-0.1, -0.05) is 80.1 Å². The maximum Gasteiger partial charge on any atom is 0.128 e. The molecule has 0 N–H and O–H groups in total. The molecule has 6 nitrogen and oxygen atoms in total. The van der Waals surface area contributed by atoms with Crippen LogP contribution in [0.15, 0.2) is 36.4 Å². The molecular weight excluding hydrogens is 572 g/mol.